The molecule has 9 heteroatoms. The molecule has 0 heterocycles. The molecular formula is C15H13F3N2O3S. The number of rotatable bonds is 5. The first-order valence-electron chi connectivity index (χ1n) is 6.66. The Bertz CT molecular complexity index is 835. The summed E-state index contributed by atoms with van der Waals surface area (Å²) in [6, 6.07) is 6.54. The summed E-state index contributed by atoms with van der Waals surface area (Å²) in [7, 11) is -2.84. The lowest BCUT2D eigenvalue weighted by Gasteiger charge is -2.17. The summed E-state index contributed by atoms with van der Waals surface area (Å²) in [6.07, 6.45) is 0. The maximum absolute atomic E-state index is 13.1. The van der Waals surface area contributed by atoms with Crippen LogP contribution >= 0.6 is 0 Å². The van der Waals surface area contributed by atoms with E-state index in [1.807, 2.05) is 0 Å². The smallest absolute Gasteiger partial charge is 0.243 e. The van der Waals surface area contributed by atoms with E-state index in [0.717, 1.165) is 47.8 Å². The molecule has 24 heavy (non-hydrogen) atoms. The van der Waals surface area contributed by atoms with E-state index < -0.39 is 39.9 Å². The molecule has 0 aliphatic rings. The van der Waals surface area contributed by atoms with Crippen molar-refractivity contribution in [3.63, 3.8) is 0 Å². The lowest BCUT2D eigenvalue weighted by atomic mass is 10.3. The Kier molecular flexibility index (Phi) is 5.25. The first-order chi connectivity index (χ1) is 11.2. The summed E-state index contributed by atoms with van der Waals surface area (Å²) in [5, 5.41) is 2.20. The van der Waals surface area contributed by atoms with Crippen LogP contribution in [0.5, 0.6) is 0 Å². The second-order valence-electron chi connectivity index (χ2n) is 4.92. The highest BCUT2D eigenvalue weighted by molar-refractivity contribution is 7.89. The minimum Gasteiger partial charge on any atom is -0.325 e. The predicted molar refractivity (Wildman–Crippen MR) is 81.2 cm³/mol. The zero-order valence-electron chi connectivity index (χ0n) is 12.5. The van der Waals surface area contributed by atoms with E-state index in [4.69, 9.17) is 0 Å². The fraction of sp³-hybridized carbons (Fsp3) is 0.133. The van der Waals surface area contributed by atoms with Gasteiger partial charge in [0.2, 0.25) is 15.9 Å². The number of hydrogen-bond donors (Lipinski definition) is 1. The minimum atomic E-state index is -4.00. The van der Waals surface area contributed by atoms with Gasteiger partial charge in [0.25, 0.3) is 0 Å². The fourth-order valence-corrected chi connectivity index (χ4v) is 3.03. The topological polar surface area (TPSA) is 66.5 Å². The van der Waals surface area contributed by atoms with E-state index in [1.54, 1.807) is 0 Å². The SMILES string of the molecule is CN(CC(=O)Nc1cc(F)cc(F)c1)S(=O)(=O)c1ccc(F)cc1. The van der Waals surface area contributed by atoms with Gasteiger partial charge in [0, 0.05) is 18.8 Å². The Balaban J connectivity index is 2.09. The van der Waals surface area contributed by atoms with Gasteiger partial charge in [-0.25, -0.2) is 21.6 Å². The van der Waals surface area contributed by atoms with Crippen molar-refractivity contribution in [1.29, 1.82) is 0 Å². The van der Waals surface area contributed by atoms with Crippen molar-refractivity contribution in [3.05, 3.63) is 59.9 Å². The lowest BCUT2D eigenvalue weighted by molar-refractivity contribution is -0.116. The van der Waals surface area contributed by atoms with Gasteiger partial charge < -0.3 is 5.32 Å². The van der Waals surface area contributed by atoms with Crippen LogP contribution in [-0.4, -0.2) is 32.2 Å². The lowest BCUT2D eigenvalue weighted by Crippen LogP contribution is -2.35. The van der Waals surface area contributed by atoms with Crippen LogP contribution in [0.3, 0.4) is 0 Å². The molecule has 0 bridgehead atoms. The molecule has 0 fully saturated rings. The van der Waals surface area contributed by atoms with E-state index in [2.05, 4.69) is 5.32 Å². The van der Waals surface area contributed by atoms with Crippen molar-refractivity contribution in [2.75, 3.05) is 18.9 Å². The molecule has 0 radical (unpaired) electrons. The summed E-state index contributed by atoms with van der Waals surface area (Å²) in [4.78, 5) is 11.7. The minimum absolute atomic E-state index is 0.134. The number of nitrogens with one attached hydrogen (secondary N) is 1. The molecule has 2 aromatic rings. The first-order valence-corrected chi connectivity index (χ1v) is 8.10. The summed E-state index contributed by atoms with van der Waals surface area (Å²) in [5.41, 5.74) is -0.134. The van der Waals surface area contributed by atoms with Gasteiger partial charge >= 0.3 is 0 Å². The molecular weight excluding hydrogens is 345 g/mol. The van der Waals surface area contributed by atoms with Crippen molar-refractivity contribution in [2.24, 2.45) is 0 Å². The van der Waals surface area contributed by atoms with Crippen LogP contribution in [0.2, 0.25) is 0 Å². The van der Waals surface area contributed by atoms with Crippen LogP contribution in [0.15, 0.2) is 47.4 Å². The van der Waals surface area contributed by atoms with E-state index >= 15 is 0 Å². The molecule has 0 aliphatic carbocycles. The number of nitrogens with zero attached hydrogens (tertiary/aromatic N) is 1. The summed E-state index contributed by atoms with van der Waals surface area (Å²) in [6.45, 7) is -0.585. The quantitative estimate of drug-likeness (QED) is 0.892. The summed E-state index contributed by atoms with van der Waals surface area (Å²) < 4.78 is 64.2. The summed E-state index contributed by atoms with van der Waals surface area (Å²) in [5.74, 6) is -3.13. The zero-order chi connectivity index (χ0) is 17.9. The van der Waals surface area contributed by atoms with Gasteiger partial charge in [-0.1, -0.05) is 0 Å². The molecule has 0 saturated heterocycles. The second-order valence-corrected chi connectivity index (χ2v) is 6.97. The van der Waals surface area contributed by atoms with Crippen molar-refractivity contribution in [2.45, 2.75) is 4.90 Å². The van der Waals surface area contributed by atoms with Crippen LogP contribution in [0.25, 0.3) is 0 Å². The van der Waals surface area contributed by atoms with Crippen LogP contribution in [0, 0.1) is 17.5 Å². The van der Waals surface area contributed by atoms with Gasteiger partial charge in [0.05, 0.1) is 11.4 Å². The number of amides is 1. The Morgan fingerprint density at radius 1 is 1.00 bits per heavy atom. The number of halogens is 3. The number of likely N-dealkylation sites (N-methyl/N-ethyl adjacent to an activating group) is 1. The molecule has 5 nitrogen and oxygen atoms in total. The van der Waals surface area contributed by atoms with Crippen molar-refractivity contribution in [1.82, 2.24) is 4.31 Å². The highest BCUT2D eigenvalue weighted by atomic mass is 32.2. The molecule has 2 aromatic carbocycles. The fourth-order valence-electron chi connectivity index (χ4n) is 1.90. The van der Waals surface area contributed by atoms with Gasteiger partial charge in [-0.2, -0.15) is 4.31 Å². The maximum Gasteiger partial charge on any atom is 0.243 e. The summed E-state index contributed by atoms with van der Waals surface area (Å²) >= 11 is 0. The molecule has 1 N–H and O–H groups in total. The number of carbonyl (C=O) groups excluding carboxylic acids is 1. The van der Waals surface area contributed by atoms with Gasteiger partial charge in [-0.05, 0) is 36.4 Å². The van der Waals surface area contributed by atoms with Gasteiger partial charge in [-0.3, -0.25) is 4.79 Å². The van der Waals surface area contributed by atoms with Crippen LogP contribution < -0.4 is 5.32 Å². The van der Waals surface area contributed by atoms with Crippen LogP contribution in [0.4, 0.5) is 18.9 Å². The van der Waals surface area contributed by atoms with Crippen molar-refractivity contribution >= 4 is 21.6 Å². The third kappa shape index (κ3) is 4.33. The van der Waals surface area contributed by atoms with Gasteiger partial charge in [-0.15, -0.1) is 0 Å². The van der Waals surface area contributed by atoms with E-state index in [-0.39, 0.29) is 10.6 Å². The monoisotopic (exact) mass is 358 g/mol. The molecule has 2 rings (SSSR count). The van der Waals surface area contributed by atoms with E-state index in [9.17, 15) is 26.4 Å². The average molecular weight is 358 g/mol. The third-order valence-electron chi connectivity index (χ3n) is 3.03. The second kappa shape index (κ2) is 7.02. The highest BCUT2D eigenvalue weighted by Gasteiger charge is 2.23. The average Bonchev–Trinajstić information content (AvgIpc) is 2.46. The van der Waals surface area contributed by atoms with Crippen LogP contribution in [0.1, 0.15) is 0 Å². The molecule has 0 aliphatic heterocycles. The number of sulfonamides is 1. The molecule has 0 aromatic heterocycles. The maximum atomic E-state index is 13.1. The van der Waals surface area contributed by atoms with Crippen molar-refractivity contribution < 1.29 is 26.4 Å². The molecule has 1 amide bonds. The van der Waals surface area contributed by atoms with Crippen LogP contribution in [-0.2, 0) is 14.8 Å². The number of hydrogen-bond acceptors (Lipinski definition) is 3. The standard InChI is InChI=1S/C15H13F3N2O3S/c1-20(24(22,23)14-4-2-10(16)3-5-14)9-15(21)19-13-7-11(17)6-12(18)8-13/h2-8H,9H2,1H3,(H,19,21). The Morgan fingerprint density at radius 3 is 2.08 bits per heavy atom. The Hall–Kier alpha value is -2.39. The molecule has 0 saturated carbocycles. The van der Waals surface area contributed by atoms with Gasteiger partial charge in [0.1, 0.15) is 17.5 Å². The van der Waals surface area contributed by atoms with Crippen molar-refractivity contribution in [3.8, 4) is 0 Å². The predicted octanol–water partition coefficient (Wildman–Crippen LogP) is 2.36. The third-order valence-corrected chi connectivity index (χ3v) is 4.85. The molecule has 0 atom stereocenters. The number of benzene rings is 2. The number of carbonyl (C=O) groups is 1. The zero-order valence-corrected chi connectivity index (χ0v) is 13.3. The van der Waals surface area contributed by atoms with E-state index in [1.165, 1.54) is 0 Å². The molecule has 0 unspecified atom stereocenters. The number of anilines is 1. The Labute approximate surface area is 136 Å². The first kappa shape index (κ1) is 18.0. The Morgan fingerprint density at radius 2 is 1.54 bits per heavy atom. The molecule has 0 spiro atoms. The normalized spacial score (nSPS) is 11.5. The van der Waals surface area contributed by atoms with Gasteiger partial charge in [0.15, 0.2) is 0 Å². The molecule has 128 valence electrons. The highest BCUT2D eigenvalue weighted by Crippen LogP contribution is 2.16. The largest absolute Gasteiger partial charge is 0.325 e. The van der Waals surface area contributed by atoms with E-state index in [0.29, 0.717) is 6.07 Å².